The Labute approximate surface area is 219 Å². The lowest BCUT2D eigenvalue weighted by molar-refractivity contribution is 0.0772. The van der Waals surface area contributed by atoms with E-state index in [0.717, 1.165) is 43.4 Å². The average Bonchev–Trinajstić information content (AvgIpc) is 3.23. The van der Waals surface area contributed by atoms with Crippen molar-refractivity contribution in [3.05, 3.63) is 95.1 Å². The number of nitrogens with zero attached hydrogens (tertiary/aromatic N) is 1. The number of phenols is 1. The number of phenolic OH excluding ortho intramolecular Hbond substituents is 1. The molecule has 0 unspecified atom stereocenters. The molecular weight excluding hydrogens is 480 g/mol. The number of rotatable bonds is 4. The second kappa shape index (κ2) is 9.02. The summed E-state index contributed by atoms with van der Waals surface area (Å²) in [6.45, 7) is 4.25. The molecule has 5 nitrogen and oxygen atoms in total. The molecule has 0 aromatic heterocycles. The molecule has 6 heteroatoms. The largest absolute Gasteiger partial charge is 0.508 e. The van der Waals surface area contributed by atoms with Crippen molar-refractivity contribution in [2.24, 2.45) is 22.4 Å². The van der Waals surface area contributed by atoms with E-state index in [4.69, 9.17) is 0 Å². The van der Waals surface area contributed by atoms with E-state index in [0.29, 0.717) is 29.4 Å². The highest BCUT2D eigenvalue weighted by molar-refractivity contribution is 7.89. The Balaban J connectivity index is 1.37. The molecule has 0 radical (unpaired) electrons. The summed E-state index contributed by atoms with van der Waals surface area (Å²) in [6.07, 6.45) is 4.80. The van der Waals surface area contributed by atoms with Crippen LogP contribution in [0.15, 0.2) is 82.8 Å². The fourth-order valence-electron chi connectivity index (χ4n) is 7.58. The molecule has 3 aliphatic rings. The van der Waals surface area contributed by atoms with E-state index in [2.05, 4.69) is 53.3 Å². The van der Waals surface area contributed by atoms with Gasteiger partial charge in [0.25, 0.3) is 10.0 Å². The number of aryl methyl sites for hydroxylation is 2. The molecule has 0 bridgehead atoms. The van der Waals surface area contributed by atoms with Gasteiger partial charge in [0.15, 0.2) is 0 Å². The van der Waals surface area contributed by atoms with Gasteiger partial charge in [0.2, 0.25) is 0 Å². The first-order chi connectivity index (χ1) is 17.8. The van der Waals surface area contributed by atoms with Crippen molar-refractivity contribution in [2.75, 3.05) is 0 Å². The van der Waals surface area contributed by atoms with Crippen molar-refractivity contribution in [2.45, 2.75) is 62.7 Å². The van der Waals surface area contributed by atoms with E-state index in [1.807, 2.05) is 19.1 Å². The van der Waals surface area contributed by atoms with Gasteiger partial charge in [-0.1, -0.05) is 61.0 Å². The monoisotopic (exact) mass is 514 g/mol. The molecule has 6 rings (SSSR count). The summed E-state index contributed by atoms with van der Waals surface area (Å²) in [4.78, 5) is 2.81. The molecule has 3 aromatic rings. The fourth-order valence-corrected chi connectivity index (χ4v) is 8.41. The van der Waals surface area contributed by atoms with Crippen LogP contribution in [0.5, 0.6) is 5.75 Å². The molecule has 5 atom stereocenters. The second-order valence-electron chi connectivity index (χ2n) is 11.4. The van der Waals surface area contributed by atoms with E-state index in [9.17, 15) is 13.5 Å². The summed E-state index contributed by atoms with van der Waals surface area (Å²) in [5, 5.41) is 14.8. The lowest BCUT2D eigenvalue weighted by Gasteiger charge is -2.53. The van der Waals surface area contributed by atoms with Crippen LogP contribution in [0.4, 0.5) is 0 Å². The molecule has 0 spiro atoms. The van der Waals surface area contributed by atoms with Crippen LogP contribution in [0.2, 0.25) is 0 Å². The van der Waals surface area contributed by atoms with Crippen molar-refractivity contribution >= 4 is 15.7 Å². The maximum absolute atomic E-state index is 13.0. The Morgan fingerprint density at radius 1 is 0.973 bits per heavy atom. The Morgan fingerprint density at radius 2 is 1.73 bits per heavy atom. The molecule has 2 saturated carbocycles. The van der Waals surface area contributed by atoms with Gasteiger partial charge in [-0.25, -0.2) is 4.83 Å². The van der Waals surface area contributed by atoms with Crippen molar-refractivity contribution in [3.8, 4) is 5.75 Å². The molecule has 0 heterocycles. The number of fused-ring (bicyclic) bond motifs is 5. The second-order valence-corrected chi connectivity index (χ2v) is 13.0. The molecule has 2 N–H and O–H groups in total. The Hall–Kier alpha value is -3.12. The zero-order chi connectivity index (χ0) is 25.8. The Bertz CT molecular complexity index is 1450. The van der Waals surface area contributed by atoms with E-state index in [1.165, 1.54) is 16.7 Å². The third-order valence-corrected chi connectivity index (χ3v) is 10.5. The molecule has 3 aliphatic carbocycles. The lowest BCUT2D eigenvalue weighted by atomic mass is 9.51. The maximum Gasteiger partial charge on any atom is 0.276 e. The molecule has 0 aliphatic heterocycles. The first-order valence-corrected chi connectivity index (χ1v) is 14.8. The van der Waals surface area contributed by atoms with E-state index in [1.54, 1.807) is 24.3 Å². The van der Waals surface area contributed by atoms with Crippen LogP contribution in [0.25, 0.3) is 0 Å². The number of hydrogen-bond donors (Lipinski definition) is 2. The summed E-state index contributed by atoms with van der Waals surface area (Å²) in [5.74, 6) is 1.95. The van der Waals surface area contributed by atoms with Gasteiger partial charge in [-0.3, -0.25) is 0 Å². The van der Waals surface area contributed by atoms with Gasteiger partial charge < -0.3 is 5.11 Å². The average molecular weight is 515 g/mol. The van der Waals surface area contributed by atoms with Crippen LogP contribution >= 0.6 is 0 Å². The Kier molecular flexibility index (Phi) is 5.90. The molecule has 192 valence electrons. The van der Waals surface area contributed by atoms with Crippen LogP contribution in [0.3, 0.4) is 0 Å². The maximum atomic E-state index is 13.0. The van der Waals surface area contributed by atoms with Gasteiger partial charge in [0.1, 0.15) is 5.75 Å². The van der Waals surface area contributed by atoms with Gasteiger partial charge >= 0.3 is 0 Å². The standard InChI is InChI=1S/C31H34N2O3S/c1-20-8-12-24(13-9-20)37(35,36)33-32-29-17-16-28-26-14-10-22-18-23(34)11-15-25(22)30(26)27(19-31(28,29)2)21-6-4-3-5-7-21/h3-9,11-13,15,18,26-28,30,33-34H,10,14,16-17,19H2,1-2H3/b32-29-/t26-,27+,28-,30+,31-/m0/s1. The fraction of sp³-hybridized carbons (Fsp3) is 0.387. The third-order valence-electron chi connectivity index (χ3n) is 9.32. The summed E-state index contributed by atoms with van der Waals surface area (Å²) < 4.78 is 26.0. The zero-order valence-electron chi connectivity index (χ0n) is 21.4. The number of hydrazone groups is 1. The van der Waals surface area contributed by atoms with Gasteiger partial charge in [0.05, 0.1) is 4.90 Å². The van der Waals surface area contributed by atoms with E-state index in [-0.39, 0.29) is 10.3 Å². The summed E-state index contributed by atoms with van der Waals surface area (Å²) in [7, 11) is -3.72. The lowest BCUT2D eigenvalue weighted by Crippen LogP contribution is -2.46. The third kappa shape index (κ3) is 4.15. The smallest absolute Gasteiger partial charge is 0.276 e. The Morgan fingerprint density at radius 3 is 2.49 bits per heavy atom. The van der Waals surface area contributed by atoms with Crippen molar-refractivity contribution in [3.63, 3.8) is 0 Å². The summed E-state index contributed by atoms with van der Waals surface area (Å²) in [5.41, 5.74) is 5.78. The highest BCUT2D eigenvalue weighted by Crippen LogP contribution is 2.64. The zero-order valence-corrected chi connectivity index (χ0v) is 22.2. The molecular formula is C31H34N2O3S. The highest BCUT2D eigenvalue weighted by atomic mass is 32.2. The van der Waals surface area contributed by atoms with Crippen LogP contribution in [-0.2, 0) is 16.4 Å². The van der Waals surface area contributed by atoms with Gasteiger partial charge in [-0.05, 0) is 104 Å². The van der Waals surface area contributed by atoms with Crippen LogP contribution in [0, 0.1) is 24.2 Å². The van der Waals surface area contributed by atoms with Crippen LogP contribution < -0.4 is 4.83 Å². The summed E-state index contributed by atoms with van der Waals surface area (Å²) >= 11 is 0. The number of sulfonamides is 1. The number of nitrogens with one attached hydrogen (secondary N) is 1. The molecule has 0 saturated heterocycles. The minimum atomic E-state index is -3.72. The SMILES string of the molecule is Cc1ccc(S(=O)(=O)N/N=C2/CC[C@H]3[C@@H]4CCc5cc(O)ccc5[C@H]4[C@@H](c4ccccc4)C[C@]23C)cc1. The van der Waals surface area contributed by atoms with Crippen LogP contribution in [0.1, 0.15) is 66.7 Å². The van der Waals surface area contributed by atoms with E-state index < -0.39 is 10.0 Å². The predicted molar refractivity (Wildman–Crippen MR) is 146 cm³/mol. The van der Waals surface area contributed by atoms with Crippen molar-refractivity contribution in [1.29, 1.82) is 0 Å². The van der Waals surface area contributed by atoms with Crippen molar-refractivity contribution < 1.29 is 13.5 Å². The topological polar surface area (TPSA) is 78.8 Å². The minimum Gasteiger partial charge on any atom is -0.508 e. The van der Waals surface area contributed by atoms with Gasteiger partial charge in [0, 0.05) is 11.1 Å². The molecule has 37 heavy (non-hydrogen) atoms. The first-order valence-electron chi connectivity index (χ1n) is 13.3. The van der Waals surface area contributed by atoms with Gasteiger partial charge in [-0.2, -0.15) is 13.5 Å². The minimum absolute atomic E-state index is 0.175. The molecule has 2 fully saturated rings. The predicted octanol–water partition coefficient (Wildman–Crippen LogP) is 6.28. The quantitative estimate of drug-likeness (QED) is 0.402. The normalized spacial score (nSPS) is 29.8. The summed E-state index contributed by atoms with van der Waals surface area (Å²) in [6, 6.07) is 23.5. The van der Waals surface area contributed by atoms with Crippen LogP contribution in [-0.4, -0.2) is 19.2 Å². The molecule has 0 amide bonds. The number of hydrogen-bond acceptors (Lipinski definition) is 4. The van der Waals surface area contributed by atoms with Crippen molar-refractivity contribution in [1.82, 2.24) is 4.83 Å². The van der Waals surface area contributed by atoms with Gasteiger partial charge in [-0.15, -0.1) is 0 Å². The van der Waals surface area contributed by atoms with E-state index >= 15 is 0 Å². The first kappa shape index (κ1) is 24.2. The number of benzene rings is 3. The molecule has 3 aromatic carbocycles. The number of aromatic hydroxyl groups is 1. The highest BCUT2D eigenvalue weighted by Gasteiger charge is 2.57.